The van der Waals surface area contributed by atoms with Gasteiger partial charge in [-0.15, -0.1) is 0 Å². The van der Waals surface area contributed by atoms with Crippen LogP contribution in [0.1, 0.15) is 42.1 Å². The van der Waals surface area contributed by atoms with Crippen molar-refractivity contribution in [2.75, 3.05) is 7.11 Å². The van der Waals surface area contributed by atoms with Gasteiger partial charge in [0, 0.05) is 0 Å². The molecule has 0 aromatic heterocycles. The number of carbonyl (C=O) groups excluding carboxylic acids is 1. The zero-order valence-electron chi connectivity index (χ0n) is 9.93. The monoisotopic (exact) mass is 222 g/mol. The fraction of sp³-hybridized carbons (Fsp3) is 0.462. The Balaban J connectivity index is 2.74. The molecule has 1 aromatic rings. The summed E-state index contributed by atoms with van der Waals surface area (Å²) < 4.78 is 4.62. The lowest BCUT2D eigenvalue weighted by molar-refractivity contribution is 0.0600. The zero-order valence-corrected chi connectivity index (χ0v) is 9.93. The summed E-state index contributed by atoms with van der Waals surface area (Å²) in [6.07, 6.45) is 0.410. The van der Waals surface area contributed by atoms with Crippen LogP contribution in [0, 0.1) is 0 Å². The number of aliphatic hydroxyl groups is 1. The molecule has 0 aliphatic heterocycles. The molecule has 2 atom stereocenters. The summed E-state index contributed by atoms with van der Waals surface area (Å²) >= 11 is 0. The van der Waals surface area contributed by atoms with E-state index in [1.54, 1.807) is 19.1 Å². The molecule has 0 saturated heterocycles. The highest BCUT2D eigenvalue weighted by molar-refractivity contribution is 5.89. The number of esters is 1. The van der Waals surface area contributed by atoms with Crippen LogP contribution >= 0.6 is 0 Å². The third-order valence-corrected chi connectivity index (χ3v) is 2.60. The van der Waals surface area contributed by atoms with Crippen molar-refractivity contribution in [2.24, 2.45) is 0 Å². The highest BCUT2D eigenvalue weighted by Gasteiger charge is 2.10. The maximum atomic E-state index is 11.2. The van der Waals surface area contributed by atoms with E-state index in [1.807, 2.05) is 12.1 Å². The normalized spacial score (nSPS) is 14.2. The Labute approximate surface area is 96.1 Å². The summed E-state index contributed by atoms with van der Waals surface area (Å²) in [5.41, 5.74) is 1.67. The number of hydrogen-bond acceptors (Lipinski definition) is 3. The van der Waals surface area contributed by atoms with Crippen LogP contribution < -0.4 is 0 Å². The number of carbonyl (C=O) groups is 1. The van der Waals surface area contributed by atoms with Gasteiger partial charge in [-0.3, -0.25) is 0 Å². The molecule has 0 radical (unpaired) electrons. The number of methoxy groups -OCH3 is 1. The molecular formula is C13H18O3. The summed E-state index contributed by atoms with van der Waals surface area (Å²) in [7, 11) is 1.37. The Hall–Kier alpha value is -1.35. The predicted molar refractivity (Wildman–Crippen MR) is 62.5 cm³/mol. The van der Waals surface area contributed by atoms with Gasteiger partial charge in [-0.1, -0.05) is 19.1 Å². The molecule has 0 fully saturated rings. The first-order valence-electron chi connectivity index (χ1n) is 5.41. The van der Waals surface area contributed by atoms with Crippen LogP contribution in [0.4, 0.5) is 0 Å². The Morgan fingerprint density at radius 1 is 1.31 bits per heavy atom. The molecule has 88 valence electrons. The minimum Gasteiger partial charge on any atom is -0.465 e. The highest BCUT2D eigenvalue weighted by atomic mass is 16.5. The van der Waals surface area contributed by atoms with Gasteiger partial charge in [-0.2, -0.15) is 0 Å². The van der Waals surface area contributed by atoms with Crippen LogP contribution in [0.2, 0.25) is 0 Å². The zero-order chi connectivity index (χ0) is 12.1. The average Bonchev–Trinajstić information content (AvgIpc) is 2.27. The first-order valence-corrected chi connectivity index (χ1v) is 5.41. The number of benzene rings is 1. The lowest BCUT2D eigenvalue weighted by atomic mass is 9.95. The molecule has 1 rings (SSSR count). The minimum absolute atomic E-state index is 0.284. The predicted octanol–water partition coefficient (Wildman–Crippen LogP) is 2.35. The van der Waals surface area contributed by atoms with E-state index >= 15 is 0 Å². The SMILES string of the molecule is COC(=O)c1ccc([C@H](C)C[C@H](C)O)cc1. The molecule has 1 aromatic carbocycles. The van der Waals surface area contributed by atoms with E-state index in [1.165, 1.54) is 7.11 Å². The fourth-order valence-corrected chi connectivity index (χ4v) is 1.71. The largest absolute Gasteiger partial charge is 0.465 e. The van der Waals surface area contributed by atoms with Gasteiger partial charge in [-0.25, -0.2) is 4.79 Å². The van der Waals surface area contributed by atoms with Crippen molar-refractivity contribution in [1.82, 2.24) is 0 Å². The molecule has 0 unspecified atom stereocenters. The molecule has 0 spiro atoms. The lowest BCUT2D eigenvalue weighted by Crippen LogP contribution is -2.06. The summed E-state index contributed by atoms with van der Waals surface area (Å²) in [6, 6.07) is 7.30. The first-order chi connectivity index (χ1) is 7.54. The van der Waals surface area contributed by atoms with Crippen LogP contribution in [0.15, 0.2) is 24.3 Å². The molecule has 0 saturated carbocycles. The number of rotatable bonds is 4. The van der Waals surface area contributed by atoms with E-state index in [4.69, 9.17) is 0 Å². The molecule has 16 heavy (non-hydrogen) atoms. The Bertz CT molecular complexity index is 341. The maximum Gasteiger partial charge on any atom is 0.337 e. The Morgan fingerprint density at radius 2 is 1.88 bits per heavy atom. The molecule has 1 N–H and O–H groups in total. The quantitative estimate of drug-likeness (QED) is 0.795. The van der Waals surface area contributed by atoms with E-state index in [-0.39, 0.29) is 18.0 Å². The van der Waals surface area contributed by atoms with E-state index in [9.17, 15) is 9.90 Å². The van der Waals surface area contributed by atoms with Gasteiger partial charge < -0.3 is 9.84 Å². The number of hydrogen-bond donors (Lipinski definition) is 1. The van der Waals surface area contributed by atoms with E-state index in [0.29, 0.717) is 5.56 Å². The van der Waals surface area contributed by atoms with Crippen molar-refractivity contribution >= 4 is 5.97 Å². The standard InChI is InChI=1S/C13H18O3/c1-9(8-10(2)14)11-4-6-12(7-5-11)13(15)16-3/h4-7,9-10,14H,8H2,1-3H3/t9-,10+/m1/s1. The molecule has 0 heterocycles. The highest BCUT2D eigenvalue weighted by Crippen LogP contribution is 2.21. The van der Waals surface area contributed by atoms with Gasteiger partial charge in [0.2, 0.25) is 0 Å². The van der Waals surface area contributed by atoms with Crippen molar-refractivity contribution in [3.05, 3.63) is 35.4 Å². The second-order valence-electron chi connectivity index (χ2n) is 4.10. The van der Waals surface area contributed by atoms with Gasteiger partial charge in [0.25, 0.3) is 0 Å². The molecule has 0 bridgehead atoms. The smallest absolute Gasteiger partial charge is 0.337 e. The molecule has 3 heteroatoms. The van der Waals surface area contributed by atoms with Gasteiger partial charge in [0.05, 0.1) is 18.8 Å². The molecular weight excluding hydrogens is 204 g/mol. The third-order valence-electron chi connectivity index (χ3n) is 2.60. The Morgan fingerprint density at radius 3 is 2.31 bits per heavy atom. The van der Waals surface area contributed by atoms with Crippen LogP contribution in [-0.4, -0.2) is 24.3 Å². The van der Waals surface area contributed by atoms with E-state index in [2.05, 4.69) is 11.7 Å². The van der Waals surface area contributed by atoms with E-state index < -0.39 is 0 Å². The van der Waals surface area contributed by atoms with Crippen LogP contribution in [0.5, 0.6) is 0 Å². The average molecular weight is 222 g/mol. The van der Waals surface area contributed by atoms with Crippen LogP contribution in [0.3, 0.4) is 0 Å². The summed E-state index contributed by atoms with van der Waals surface area (Å²) in [5.74, 6) is -0.0403. The van der Waals surface area contributed by atoms with Crippen molar-refractivity contribution in [2.45, 2.75) is 32.3 Å². The number of aliphatic hydroxyl groups excluding tert-OH is 1. The van der Waals surface area contributed by atoms with Crippen molar-refractivity contribution in [3.8, 4) is 0 Å². The maximum absolute atomic E-state index is 11.2. The minimum atomic E-state index is -0.324. The molecule has 0 amide bonds. The van der Waals surface area contributed by atoms with Gasteiger partial charge >= 0.3 is 5.97 Å². The van der Waals surface area contributed by atoms with Crippen molar-refractivity contribution < 1.29 is 14.6 Å². The second-order valence-corrected chi connectivity index (χ2v) is 4.10. The lowest BCUT2D eigenvalue weighted by Gasteiger charge is -2.13. The van der Waals surface area contributed by atoms with Crippen LogP contribution in [0.25, 0.3) is 0 Å². The van der Waals surface area contributed by atoms with Gasteiger partial charge in [0.1, 0.15) is 0 Å². The third kappa shape index (κ3) is 3.35. The first kappa shape index (κ1) is 12.7. The summed E-state index contributed by atoms with van der Waals surface area (Å²) in [4.78, 5) is 11.2. The fourth-order valence-electron chi connectivity index (χ4n) is 1.71. The molecule has 3 nitrogen and oxygen atoms in total. The van der Waals surface area contributed by atoms with E-state index in [0.717, 1.165) is 12.0 Å². The molecule has 0 aliphatic carbocycles. The Kier molecular flexibility index (Phi) is 4.50. The number of ether oxygens (including phenoxy) is 1. The van der Waals surface area contributed by atoms with Crippen LogP contribution in [-0.2, 0) is 4.74 Å². The topological polar surface area (TPSA) is 46.5 Å². The molecule has 0 aliphatic rings. The summed E-state index contributed by atoms with van der Waals surface area (Å²) in [5, 5.41) is 9.29. The van der Waals surface area contributed by atoms with Gasteiger partial charge in [-0.05, 0) is 37.0 Å². The summed E-state index contributed by atoms with van der Waals surface area (Å²) in [6.45, 7) is 3.83. The van der Waals surface area contributed by atoms with Crippen molar-refractivity contribution in [1.29, 1.82) is 0 Å². The second kappa shape index (κ2) is 5.66. The van der Waals surface area contributed by atoms with Crippen molar-refractivity contribution in [3.63, 3.8) is 0 Å². The van der Waals surface area contributed by atoms with Gasteiger partial charge in [0.15, 0.2) is 0 Å².